The minimum atomic E-state index is 0.605. The van der Waals surface area contributed by atoms with Crippen LogP contribution >= 0.6 is 23.1 Å². The predicted octanol–water partition coefficient (Wildman–Crippen LogP) is 0.580. The van der Waals surface area contributed by atoms with Crippen molar-refractivity contribution in [3.05, 3.63) is 12.1 Å². The molecule has 3 rings (SSSR count). The fourth-order valence-corrected chi connectivity index (χ4v) is 3.04. The molecule has 3 aromatic rings. The summed E-state index contributed by atoms with van der Waals surface area (Å²) < 4.78 is 7.13. The van der Waals surface area contributed by atoms with E-state index in [1.807, 2.05) is 6.07 Å². The molecule has 0 spiro atoms. The number of ether oxygens (including phenoxy) is 1. The number of tetrazole rings is 1. The minimum absolute atomic E-state index is 0.605. The lowest BCUT2D eigenvalue weighted by molar-refractivity contribution is 0.211. The van der Waals surface area contributed by atoms with Gasteiger partial charge in [0.2, 0.25) is 5.13 Å². The highest BCUT2D eigenvalue weighted by molar-refractivity contribution is 8.01. The second-order valence-corrected chi connectivity index (χ2v) is 5.84. The van der Waals surface area contributed by atoms with E-state index in [9.17, 15) is 0 Å². The Kier molecular flexibility index (Phi) is 3.99. The van der Waals surface area contributed by atoms with Gasteiger partial charge >= 0.3 is 0 Å². The maximum Gasteiger partial charge on any atom is 0.206 e. The highest BCUT2D eigenvalue weighted by atomic mass is 32.2. The summed E-state index contributed by atoms with van der Waals surface area (Å²) in [7, 11) is 1.66. The van der Waals surface area contributed by atoms with Crippen molar-refractivity contribution in [2.45, 2.75) is 9.37 Å². The Morgan fingerprint density at radius 2 is 2.30 bits per heavy atom. The number of aromatic nitrogens is 7. The third-order valence-corrected chi connectivity index (χ3v) is 4.08. The van der Waals surface area contributed by atoms with Crippen LogP contribution in [-0.4, -0.2) is 55.7 Å². The Bertz CT molecular complexity index is 698. The fraction of sp³-hybridized carbons (Fsp3) is 0.333. The average molecular weight is 310 g/mol. The quantitative estimate of drug-likeness (QED) is 0.655. The molecule has 0 amide bonds. The van der Waals surface area contributed by atoms with Gasteiger partial charge in [-0.05, 0) is 34.3 Å². The number of rotatable bonds is 6. The zero-order valence-corrected chi connectivity index (χ0v) is 12.1. The van der Waals surface area contributed by atoms with E-state index < -0.39 is 0 Å². The third kappa shape index (κ3) is 3.00. The van der Waals surface area contributed by atoms with Crippen LogP contribution in [0.4, 0.5) is 5.13 Å². The van der Waals surface area contributed by atoms with E-state index >= 15 is 0 Å². The molecule has 20 heavy (non-hydrogen) atoms. The van der Waals surface area contributed by atoms with Gasteiger partial charge in [-0.25, -0.2) is 0 Å². The van der Waals surface area contributed by atoms with Gasteiger partial charge in [-0.2, -0.15) is 0 Å². The summed E-state index contributed by atoms with van der Waals surface area (Å²) in [6.45, 7) is 1.32. The molecule has 0 saturated carbocycles. The van der Waals surface area contributed by atoms with Gasteiger partial charge in [0, 0.05) is 13.7 Å². The van der Waals surface area contributed by atoms with Crippen molar-refractivity contribution in [3.8, 4) is 0 Å². The highest BCUT2D eigenvalue weighted by Gasteiger charge is 2.08. The average Bonchev–Trinajstić information content (AvgIpc) is 3.08. The molecule has 9 nitrogen and oxygen atoms in total. The van der Waals surface area contributed by atoms with Crippen molar-refractivity contribution in [2.24, 2.45) is 0 Å². The van der Waals surface area contributed by atoms with Crippen molar-refractivity contribution in [3.63, 3.8) is 0 Å². The predicted molar refractivity (Wildman–Crippen MR) is 73.0 cm³/mol. The maximum absolute atomic E-state index is 4.96. The van der Waals surface area contributed by atoms with Crippen LogP contribution < -0.4 is 5.32 Å². The molecule has 0 unspecified atom stereocenters. The number of hydrogen-bond donors (Lipinski definition) is 1. The van der Waals surface area contributed by atoms with Crippen LogP contribution in [0.5, 0.6) is 0 Å². The minimum Gasteiger partial charge on any atom is -0.383 e. The van der Waals surface area contributed by atoms with Gasteiger partial charge in [0.15, 0.2) is 9.99 Å². The van der Waals surface area contributed by atoms with Crippen LogP contribution in [0.15, 0.2) is 21.5 Å². The molecule has 3 aromatic heterocycles. The van der Waals surface area contributed by atoms with Crippen LogP contribution in [-0.2, 0) is 4.74 Å². The van der Waals surface area contributed by atoms with Gasteiger partial charge in [-0.1, -0.05) is 11.3 Å². The monoisotopic (exact) mass is 310 g/mol. The number of fused-ring (bicyclic) bond motifs is 1. The van der Waals surface area contributed by atoms with Gasteiger partial charge in [0.05, 0.1) is 6.61 Å². The van der Waals surface area contributed by atoms with Crippen molar-refractivity contribution >= 4 is 33.9 Å². The van der Waals surface area contributed by atoms with E-state index in [0.717, 1.165) is 14.5 Å². The van der Waals surface area contributed by atoms with Crippen molar-refractivity contribution in [1.29, 1.82) is 0 Å². The molecule has 0 fully saturated rings. The molecule has 0 aromatic carbocycles. The molecule has 3 heterocycles. The van der Waals surface area contributed by atoms with Gasteiger partial charge in [0.1, 0.15) is 5.03 Å². The zero-order valence-electron chi connectivity index (χ0n) is 10.4. The van der Waals surface area contributed by atoms with E-state index in [1.165, 1.54) is 27.7 Å². The molecule has 1 N–H and O–H groups in total. The van der Waals surface area contributed by atoms with Crippen LogP contribution in [0.2, 0.25) is 0 Å². The van der Waals surface area contributed by atoms with Gasteiger partial charge in [-0.3, -0.25) is 0 Å². The smallest absolute Gasteiger partial charge is 0.206 e. The Balaban J connectivity index is 1.67. The number of methoxy groups -OCH3 is 1. The number of anilines is 1. The van der Waals surface area contributed by atoms with Crippen LogP contribution in [0.25, 0.3) is 5.65 Å². The first-order valence-corrected chi connectivity index (χ1v) is 7.28. The van der Waals surface area contributed by atoms with Crippen molar-refractivity contribution < 1.29 is 4.74 Å². The molecule has 0 atom stereocenters. The molecule has 0 radical (unpaired) electrons. The molecular formula is C9H10N8OS2. The lowest BCUT2D eigenvalue weighted by Crippen LogP contribution is -2.06. The summed E-state index contributed by atoms with van der Waals surface area (Å²) in [6, 6.07) is 3.64. The largest absolute Gasteiger partial charge is 0.383 e. The van der Waals surface area contributed by atoms with Crippen molar-refractivity contribution in [1.82, 2.24) is 35.5 Å². The molecule has 0 saturated heterocycles. The summed E-state index contributed by atoms with van der Waals surface area (Å²) >= 11 is 2.87. The lowest BCUT2D eigenvalue weighted by Gasteiger charge is -1.98. The maximum atomic E-state index is 4.96. The fourth-order valence-electron chi connectivity index (χ4n) is 1.36. The van der Waals surface area contributed by atoms with Gasteiger partial charge < -0.3 is 10.1 Å². The molecule has 104 valence electrons. The molecule has 0 aliphatic carbocycles. The molecule has 11 heteroatoms. The first-order chi connectivity index (χ1) is 9.85. The van der Waals surface area contributed by atoms with E-state index in [1.54, 1.807) is 13.2 Å². The zero-order chi connectivity index (χ0) is 13.8. The lowest BCUT2D eigenvalue weighted by atomic mass is 10.6. The highest BCUT2D eigenvalue weighted by Crippen LogP contribution is 2.30. The Morgan fingerprint density at radius 1 is 1.35 bits per heavy atom. The van der Waals surface area contributed by atoms with Crippen LogP contribution in [0.3, 0.4) is 0 Å². The van der Waals surface area contributed by atoms with Crippen molar-refractivity contribution in [2.75, 3.05) is 25.6 Å². The number of nitrogens with one attached hydrogen (secondary N) is 1. The first-order valence-electron chi connectivity index (χ1n) is 5.65. The Labute approximate surface area is 121 Å². The molecule has 0 bridgehead atoms. The molecule has 0 aliphatic heterocycles. The van der Waals surface area contributed by atoms with Crippen LogP contribution in [0, 0.1) is 0 Å². The number of nitrogens with zero attached hydrogens (tertiary/aromatic N) is 7. The SMILES string of the molecule is COCCNc1nnc(Sc2ccc3nnnn3n2)s1. The second-order valence-electron chi connectivity index (χ2n) is 3.59. The normalized spacial score (nSPS) is 11.1. The summed E-state index contributed by atoms with van der Waals surface area (Å²) in [5.74, 6) is 0. The van der Waals surface area contributed by atoms with E-state index in [-0.39, 0.29) is 0 Å². The summed E-state index contributed by atoms with van der Waals surface area (Å²) in [4.78, 5) is 0. The molecular weight excluding hydrogens is 300 g/mol. The first kappa shape index (κ1) is 13.1. The third-order valence-electron chi connectivity index (χ3n) is 2.23. The Morgan fingerprint density at radius 3 is 3.20 bits per heavy atom. The standard InChI is InChI=1S/C9H10N8OS2/c1-18-5-4-10-8-12-13-9(20-8)19-7-3-2-6-11-15-16-17(6)14-7/h2-3H,4-5H2,1H3,(H,10,12). The Hall–Kier alpha value is -1.85. The van der Waals surface area contributed by atoms with Gasteiger partial charge in [-0.15, -0.1) is 25.0 Å². The van der Waals surface area contributed by atoms with E-state index in [2.05, 4.69) is 36.1 Å². The number of hydrogen-bond acceptors (Lipinski definition) is 10. The second kappa shape index (κ2) is 6.07. The van der Waals surface area contributed by atoms with Crippen LogP contribution in [0.1, 0.15) is 0 Å². The summed E-state index contributed by atoms with van der Waals surface area (Å²) in [5.41, 5.74) is 0.605. The van der Waals surface area contributed by atoms with E-state index in [4.69, 9.17) is 4.74 Å². The van der Waals surface area contributed by atoms with E-state index in [0.29, 0.717) is 18.8 Å². The molecule has 0 aliphatic rings. The summed E-state index contributed by atoms with van der Waals surface area (Å²) in [6.07, 6.45) is 0. The topological polar surface area (TPSA) is 103 Å². The van der Waals surface area contributed by atoms with Gasteiger partial charge in [0.25, 0.3) is 0 Å². The summed E-state index contributed by atoms with van der Waals surface area (Å²) in [5, 5.41) is 28.1.